The van der Waals surface area contributed by atoms with Gasteiger partial charge in [-0.05, 0) is 49.4 Å². The van der Waals surface area contributed by atoms with Crippen molar-refractivity contribution in [3.05, 3.63) is 54.5 Å². The summed E-state index contributed by atoms with van der Waals surface area (Å²) in [5, 5.41) is 4.48. The summed E-state index contributed by atoms with van der Waals surface area (Å²) in [5.41, 5.74) is 6.48. The summed E-state index contributed by atoms with van der Waals surface area (Å²) in [6.07, 6.45) is 1.69. The molecule has 138 valence electrons. The maximum atomic E-state index is 11.5. The molecule has 0 aliphatic heterocycles. The van der Waals surface area contributed by atoms with Crippen molar-refractivity contribution >= 4 is 57.3 Å². The van der Waals surface area contributed by atoms with Gasteiger partial charge in [0.15, 0.2) is 0 Å². The molecule has 0 saturated heterocycles. The van der Waals surface area contributed by atoms with Gasteiger partial charge in [0.25, 0.3) is 0 Å². The summed E-state index contributed by atoms with van der Waals surface area (Å²) in [6, 6.07) is 13.8. The van der Waals surface area contributed by atoms with Crippen LogP contribution in [0.2, 0.25) is 0 Å². The number of imidazole rings is 1. The van der Waals surface area contributed by atoms with E-state index in [4.69, 9.17) is 0 Å². The summed E-state index contributed by atoms with van der Waals surface area (Å²) in [7, 11) is 1.76. The first-order valence-electron chi connectivity index (χ1n) is 8.38. The number of carbonyl (C=O) groups is 1. The second-order valence-electron chi connectivity index (χ2n) is 6.32. The maximum Gasteiger partial charge on any atom is 0.223 e. The highest BCUT2D eigenvalue weighted by Crippen LogP contribution is 2.31. The number of fused-ring (bicyclic) bond motifs is 3. The highest BCUT2D eigenvalue weighted by molar-refractivity contribution is 6.10. The molecule has 0 aliphatic carbocycles. The number of benzene rings is 2. The first kappa shape index (κ1) is 18.7. The van der Waals surface area contributed by atoms with E-state index in [1.807, 2.05) is 49.4 Å². The van der Waals surface area contributed by atoms with Crippen LogP contribution in [0.25, 0.3) is 21.9 Å². The van der Waals surface area contributed by atoms with Crippen LogP contribution in [0.3, 0.4) is 0 Å². The Morgan fingerprint density at radius 1 is 1.11 bits per heavy atom. The fourth-order valence-electron chi connectivity index (χ4n) is 3.07. The zero-order valence-corrected chi connectivity index (χ0v) is 16.1. The van der Waals surface area contributed by atoms with Crippen molar-refractivity contribution in [2.45, 2.75) is 13.8 Å². The molecule has 7 heteroatoms. The highest BCUT2D eigenvalue weighted by atomic mass is 35.5. The van der Waals surface area contributed by atoms with Gasteiger partial charge in [0.05, 0.1) is 28.6 Å². The van der Waals surface area contributed by atoms with Crippen LogP contribution in [-0.2, 0) is 4.79 Å². The number of anilines is 3. The molecule has 4 rings (SSSR count). The molecule has 1 amide bonds. The zero-order valence-electron chi connectivity index (χ0n) is 15.3. The molecule has 0 atom stereocenters. The number of nitrogens with one attached hydrogen (secondary N) is 2. The van der Waals surface area contributed by atoms with E-state index >= 15 is 0 Å². The molecule has 4 aromatic rings. The Labute approximate surface area is 163 Å². The molecular formula is C20H20ClN5O. The number of aromatic nitrogens is 3. The summed E-state index contributed by atoms with van der Waals surface area (Å²) in [4.78, 5) is 25.3. The topological polar surface area (TPSA) is 73.9 Å². The number of pyridine rings is 1. The SMILES string of the molecule is CC(=O)N(C)c1ccc(Nc2cc(C)nc3ccc4nc[nH]c4c23)cc1.Cl. The van der Waals surface area contributed by atoms with Crippen LogP contribution in [-0.4, -0.2) is 27.9 Å². The summed E-state index contributed by atoms with van der Waals surface area (Å²) >= 11 is 0. The van der Waals surface area contributed by atoms with E-state index in [0.29, 0.717) is 0 Å². The van der Waals surface area contributed by atoms with Gasteiger partial charge in [0.2, 0.25) is 5.91 Å². The van der Waals surface area contributed by atoms with Crippen molar-refractivity contribution in [1.82, 2.24) is 15.0 Å². The van der Waals surface area contributed by atoms with E-state index in [1.54, 1.807) is 25.2 Å². The second kappa shape index (κ2) is 7.25. The lowest BCUT2D eigenvalue weighted by Crippen LogP contribution is -2.22. The minimum absolute atomic E-state index is 0. The molecule has 6 nitrogen and oxygen atoms in total. The van der Waals surface area contributed by atoms with E-state index in [0.717, 1.165) is 44.7 Å². The summed E-state index contributed by atoms with van der Waals surface area (Å²) in [5.74, 6) is 0.00287. The van der Waals surface area contributed by atoms with Crippen molar-refractivity contribution in [2.75, 3.05) is 17.3 Å². The lowest BCUT2D eigenvalue weighted by molar-refractivity contribution is -0.116. The molecule has 2 aromatic heterocycles. The lowest BCUT2D eigenvalue weighted by Gasteiger charge is -2.16. The Bertz CT molecular complexity index is 1120. The fraction of sp³-hybridized carbons (Fsp3) is 0.150. The molecular weight excluding hydrogens is 362 g/mol. The maximum absolute atomic E-state index is 11.5. The van der Waals surface area contributed by atoms with Crippen LogP contribution in [0.5, 0.6) is 0 Å². The van der Waals surface area contributed by atoms with E-state index in [1.165, 1.54) is 0 Å². The van der Waals surface area contributed by atoms with Crippen molar-refractivity contribution in [3.8, 4) is 0 Å². The quantitative estimate of drug-likeness (QED) is 0.545. The van der Waals surface area contributed by atoms with Crippen LogP contribution in [0.4, 0.5) is 17.1 Å². The van der Waals surface area contributed by atoms with Crippen LogP contribution in [0, 0.1) is 6.92 Å². The Kier molecular flexibility index (Phi) is 5.01. The van der Waals surface area contributed by atoms with Crippen LogP contribution < -0.4 is 10.2 Å². The average molecular weight is 382 g/mol. The van der Waals surface area contributed by atoms with Gasteiger partial charge in [-0.15, -0.1) is 12.4 Å². The number of nitrogens with zero attached hydrogens (tertiary/aromatic N) is 3. The number of H-pyrrole nitrogens is 1. The van der Waals surface area contributed by atoms with Crippen molar-refractivity contribution < 1.29 is 4.79 Å². The molecule has 2 heterocycles. The normalized spacial score (nSPS) is 10.6. The van der Waals surface area contributed by atoms with Gasteiger partial charge in [0, 0.05) is 36.4 Å². The van der Waals surface area contributed by atoms with E-state index < -0.39 is 0 Å². The standard InChI is InChI=1S/C20H19N5O.ClH/c1-12-10-18(19-16(23-12)8-9-17-20(19)22-11-21-17)24-14-4-6-15(7-5-14)25(3)13(2)26;/h4-11H,1-3H3,(H,21,22)(H,23,24);1H. The molecule has 0 unspecified atom stereocenters. The molecule has 0 fully saturated rings. The molecule has 2 N–H and O–H groups in total. The van der Waals surface area contributed by atoms with Crippen molar-refractivity contribution in [1.29, 1.82) is 0 Å². The first-order chi connectivity index (χ1) is 12.5. The zero-order chi connectivity index (χ0) is 18.3. The monoisotopic (exact) mass is 381 g/mol. The Morgan fingerprint density at radius 2 is 1.81 bits per heavy atom. The van der Waals surface area contributed by atoms with Crippen molar-refractivity contribution in [2.24, 2.45) is 0 Å². The molecule has 0 radical (unpaired) electrons. The minimum Gasteiger partial charge on any atom is -0.355 e. The Hall–Kier alpha value is -3.12. The number of hydrogen-bond donors (Lipinski definition) is 2. The molecule has 2 aromatic carbocycles. The number of halogens is 1. The number of hydrogen-bond acceptors (Lipinski definition) is 4. The number of carbonyl (C=O) groups excluding carboxylic acids is 1. The number of aromatic amines is 1. The third kappa shape index (κ3) is 3.44. The Morgan fingerprint density at radius 3 is 2.52 bits per heavy atom. The van der Waals surface area contributed by atoms with Gasteiger partial charge in [-0.3, -0.25) is 9.78 Å². The summed E-state index contributed by atoms with van der Waals surface area (Å²) in [6.45, 7) is 3.53. The van der Waals surface area contributed by atoms with Crippen molar-refractivity contribution in [3.63, 3.8) is 0 Å². The molecule has 0 spiro atoms. The first-order valence-corrected chi connectivity index (χ1v) is 8.38. The molecule has 27 heavy (non-hydrogen) atoms. The predicted molar refractivity (Wildman–Crippen MR) is 112 cm³/mol. The van der Waals surface area contributed by atoms with Gasteiger partial charge in [-0.1, -0.05) is 0 Å². The Balaban J connectivity index is 0.00000210. The van der Waals surface area contributed by atoms with Crippen LogP contribution in [0.1, 0.15) is 12.6 Å². The average Bonchev–Trinajstić information content (AvgIpc) is 3.10. The van der Waals surface area contributed by atoms with Gasteiger partial charge in [0.1, 0.15) is 0 Å². The van der Waals surface area contributed by atoms with Gasteiger partial charge >= 0.3 is 0 Å². The largest absolute Gasteiger partial charge is 0.355 e. The number of aryl methyl sites for hydroxylation is 1. The van der Waals surface area contributed by atoms with Crippen LogP contribution in [0.15, 0.2) is 48.8 Å². The fourth-order valence-corrected chi connectivity index (χ4v) is 3.07. The van der Waals surface area contributed by atoms with E-state index in [-0.39, 0.29) is 18.3 Å². The lowest BCUT2D eigenvalue weighted by atomic mass is 10.1. The van der Waals surface area contributed by atoms with E-state index in [9.17, 15) is 4.79 Å². The van der Waals surface area contributed by atoms with Crippen LogP contribution >= 0.6 is 12.4 Å². The molecule has 0 saturated carbocycles. The smallest absolute Gasteiger partial charge is 0.223 e. The van der Waals surface area contributed by atoms with Gasteiger partial charge < -0.3 is 15.2 Å². The highest BCUT2D eigenvalue weighted by Gasteiger charge is 2.11. The van der Waals surface area contributed by atoms with Gasteiger partial charge in [-0.25, -0.2) is 4.98 Å². The predicted octanol–water partition coefficient (Wildman–Crippen LogP) is 4.57. The minimum atomic E-state index is 0. The second-order valence-corrected chi connectivity index (χ2v) is 6.32. The number of amides is 1. The third-order valence-corrected chi connectivity index (χ3v) is 4.50. The molecule has 0 bridgehead atoms. The number of rotatable bonds is 3. The molecule has 0 aliphatic rings. The van der Waals surface area contributed by atoms with E-state index in [2.05, 4.69) is 20.3 Å². The summed E-state index contributed by atoms with van der Waals surface area (Å²) < 4.78 is 0. The third-order valence-electron chi connectivity index (χ3n) is 4.50. The van der Waals surface area contributed by atoms with Gasteiger partial charge in [-0.2, -0.15) is 0 Å².